The minimum absolute atomic E-state index is 0.0284. The van der Waals surface area contributed by atoms with Gasteiger partial charge >= 0.3 is 11.9 Å². The fourth-order valence-corrected chi connectivity index (χ4v) is 3.05. The number of carbonyl (C=O) groups excluding carboxylic acids is 2. The van der Waals surface area contributed by atoms with E-state index in [1.54, 1.807) is 36.4 Å². The third-order valence-corrected chi connectivity index (χ3v) is 4.43. The minimum atomic E-state index is -0.836. The number of ether oxygens (including phenoxy) is 4. The van der Waals surface area contributed by atoms with E-state index in [0.29, 0.717) is 5.69 Å². The van der Waals surface area contributed by atoms with Crippen LogP contribution in [0.25, 0.3) is 16.9 Å². The third kappa shape index (κ3) is 3.41. The number of aromatic nitrogens is 2. The molecule has 0 aliphatic rings. The van der Waals surface area contributed by atoms with Crippen LogP contribution < -0.4 is 9.47 Å². The Hall–Kier alpha value is -4.01. The predicted octanol–water partition coefficient (Wildman–Crippen LogP) is 2.84. The summed E-state index contributed by atoms with van der Waals surface area (Å²) in [5.41, 5.74) is 0.192. The van der Waals surface area contributed by atoms with Crippen molar-refractivity contribution in [2.75, 3.05) is 28.4 Å². The van der Waals surface area contributed by atoms with Crippen LogP contribution in [0.3, 0.4) is 0 Å². The molecule has 1 N–H and O–H groups in total. The Labute approximate surface area is 172 Å². The summed E-state index contributed by atoms with van der Waals surface area (Å²) in [5, 5.41) is 15.2. The zero-order chi connectivity index (χ0) is 21.8. The summed E-state index contributed by atoms with van der Waals surface area (Å²) < 4.78 is 21.6. The second-order valence-corrected chi connectivity index (χ2v) is 6.00. The van der Waals surface area contributed by atoms with Crippen molar-refractivity contribution in [1.29, 1.82) is 0 Å². The standard InChI is InChI=1S/C21H20N2O7/c1-27-13-10-11-14(28-2)19(24)15(13)17-16(20(25)29-3)18(21(26)30-4)23(22-17)12-8-6-5-7-9-12/h5-11,24H,1-4H3. The molecule has 0 aliphatic carbocycles. The Morgan fingerprint density at radius 3 is 2.03 bits per heavy atom. The number of para-hydroxylation sites is 1. The maximum Gasteiger partial charge on any atom is 0.357 e. The normalized spacial score (nSPS) is 10.4. The van der Waals surface area contributed by atoms with Gasteiger partial charge in [0.15, 0.2) is 17.2 Å². The summed E-state index contributed by atoms with van der Waals surface area (Å²) in [6.07, 6.45) is 0. The number of phenols is 1. The lowest BCUT2D eigenvalue weighted by molar-refractivity contribution is 0.0549. The molecule has 3 rings (SSSR count). The van der Waals surface area contributed by atoms with E-state index in [1.807, 2.05) is 0 Å². The number of methoxy groups -OCH3 is 4. The highest BCUT2D eigenvalue weighted by Crippen LogP contribution is 2.45. The molecule has 3 aromatic rings. The van der Waals surface area contributed by atoms with Crippen LogP contribution >= 0.6 is 0 Å². The molecule has 156 valence electrons. The van der Waals surface area contributed by atoms with Gasteiger partial charge in [-0.1, -0.05) is 18.2 Å². The number of carbonyl (C=O) groups is 2. The van der Waals surface area contributed by atoms with Crippen molar-refractivity contribution in [2.24, 2.45) is 0 Å². The van der Waals surface area contributed by atoms with Gasteiger partial charge in [0.05, 0.1) is 39.7 Å². The molecule has 0 bridgehead atoms. The minimum Gasteiger partial charge on any atom is -0.504 e. The van der Waals surface area contributed by atoms with E-state index < -0.39 is 11.9 Å². The van der Waals surface area contributed by atoms with Crippen LogP contribution in [0.1, 0.15) is 20.8 Å². The molecule has 0 saturated carbocycles. The first-order valence-corrected chi connectivity index (χ1v) is 8.77. The highest BCUT2D eigenvalue weighted by molar-refractivity contribution is 6.07. The third-order valence-electron chi connectivity index (χ3n) is 4.43. The second-order valence-electron chi connectivity index (χ2n) is 6.00. The van der Waals surface area contributed by atoms with Crippen LogP contribution in [0.4, 0.5) is 0 Å². The average molecular weight is 412 g/mol. The van der Waals surface area contributed by atoms with Gasteiger partial charge in [0, 0.05) is 0 Å². The van der Waals surface area contributed by atoms with Gasteiger partial charge in [0.1, 0.15) is 17.0 Å². The van der Waals surface area contributed by atoms with Gasteiger partial charge < -0.3 is 24.1 Å². The molecule has 0 spiro atoms. The van der Waals surface area contributed by atoms with Gasteiger partial charge in [0.2, 0.25) is 0 Å². The van der Waals surface area contributed by atoms with Gasteiger partial charge in [-0.05, 0) is 24.3 Å². The lowest BCUT2D eigenvalue weighted by atomic mass is 10.0. The summed E-state index contributed by atoms with van der Waals surface area (Å²) in [6.45, 7) is 0. The molecular weight excluding hydrogens is 392 g/mol. The fourth-order valence-electron chi connectivity index (χ4n) is 3.05. The smallest absolute Gasteiger partial charge is 0.357 e. The van der Waals surface area contributed by atoms with Crippen molar-refractivity contribution in [3.8, 4) is 34.2 Å². The molecule has 0 atom stereocenters. The van der Waals surface area contributed by atoms with E-state index in [0.717, 1.165) is 0 Å². The molecule has 0 fully saturated rings. The molecule has 1 aromatic heterocycles. The molecule has 9 nitrogen and oxygen atoms in total. The number of phenolic OH excluding ortho intramolecular Hbond substituents is 1. The first-order valence-electron chi connectivity index (χ1n) is 8.77. The Balaban J connectivity index is 2.46. The van der Waals surface area contributed by atoms with E-state index in [2.05, 4.69) is 5.10 Å². The van der Waals surface area contributed by atoms with E-state index in [1.165, 1.54) is 39.2 Å². The van der Waals surface area contributed by atoms with Crippen LogP contribution in [-0.4, -0.2) is 55.3 Å². The maximum atomic E-state index is 12.7. The topological polar surface area (TPSA) is 109 Å². The number of nitrogens with zero attached hydrogens (tertiary/aromatic N) is 2. The number of esters is 2. The zero-order valence-corrected chi connectivity index (χ0v) is 16.8. The monoisotopic (exact) mass is 412 g/mol. The lowest BCUT2D eigenvalue weighted by Crippen LogP contribution is -2.15. The summed E-state index contributed by atoms with van der Waals surface area (Å²) in [5.74, 6) is -1.60. The molecule has 0 saturated heterocycles. The summed E-state index contributed by atoms with van der Waals surface area (Å²) >= 11 is 0. The molecular formula is C21H20N2O7. The van der Waals surface area contributed by atoms with Crippen molar-refractivity contribution in [1.82, 2.24) is 9.78 Å². The molecule has 0 aliphatic heterocycles. The molecule has 0 amide bonds. The Morgan fingerprint density at radius 1 is 0.867 bits per heavy atom. The van der Waals surface area contributed by atoms with Crippen molar-refractivity contribution in [3.05, 3.63) is 53.7 Å². The summed E-state index contributed by atoms with van der Waals surface area (Å²) in [4.78, 5) is 25.4. The number of benzene rings is 2. The first kappa shape index (κ1) is 20.7. The van der Waals surface area contributed by atoms with Crippen molar-refractivity contribution < 1.29 is 33.6 Å². The maximum absolute atomic E-state index is 12.7. The molecule has 30 heavy (non-hydrogen) atoms. The lowest BCUT2D eigenvalue weighted by Gasteiger charge is -2.12. The van der Waals surface area contributed by atoms with Gasteiger partial charge in [-0.3, -0.25) is 0 Å². The Bertz CT molecular complexity index is 1090. The van der Waals surface area contributed by atoms with E-state index in [4.69, 9.17) is 18.9 Å². The van der Waals surface area contributed by atoms with Gasteiger partial charge in [-0.15, -0.1) is 0 Å². The van der Waals surface area contributed by atoms with Crippen LogP contribution in [0.5, 0.6) is 17.2 Å². The van der Waals surface area contributed by atoms with E-state index in [-0.39, 0.29) is 39.8 Å². The molecule has 0 unspecified atom stereocenters. The number of rotatable bonds is 6. The van der Waals surface area contributed by atoms with Crippen molar-refractivity contribution in [2.45, 2.75) is 0 Å². The SMILES string of the molecule is COC(=O)c1c(-c2c(OC)ccc(OC)c2O)nn(-c2ccccc2)c1C(=O)OC. The van der Waals surface area contributed by atoms with Gasteiger partial charge in [-0.25, -0.2) is 14.3 Å². The molecule has 2 aromatic carbocycles. The van der Waals surface area contributed by atoms with Gasteiger partial charge in [-0.2, -0.15) is 5.10 Å². The molecule has 1 heterocycles. The van der Waals surface area contributed by atoms with Crippen LogP contribution in [0.15, 0.2) is 42.5 Å². The Kier molecular flexibility index (Phi) is 5.91. The van der Waals surface area contributed by atoms with E-state index in [9.17, 15) is 14.7 Å². The zero-order valence-electron chi connectivity index (χ0n) is 16.8. The van der Waals surface area contributed by atoms with Crippen LogP contribution in [-0.2, 0) is 9.47 Å². The largest absolute Gasteiger partial charge is 0.504 e. The first-order chi connectivity index (χ1) is 14.5. The highest BCUT2D eigenvalue weighted by Gasteiger charge is 2.34. The van der Waals surface area contributed by atoms with E-state index >= 15 is 0 Å². The molecule has 0 radical (unpaired) electrons. The van der Waals surface area contributed by atoms with Crippen LogP contribution in [0.2, 0.25) is 0 Å². The summed E-state index contributed by atoms with van der Waals surface area (Å²) in [7, 11) is 5.15. The predicted molar refractivity (Wildman–Crippen MR) is 106 cm³/mol. The number of hydrogen-bond acceptors (Lipinski definition) is 8. The summed E-state index contributed by atoms with van der Waals surface area (Å²) in [6, 6.07) is 11.8. The quantitative estimate of drug-likeness (QED) is 0.616. The Morgan fingerprint density at radius 2 is 1.47 bits per heavy atom. The van der Waals surface area contributed by atoms with Gasteiger partial charge in [0.25, 0.3) is 0 Å². The second kappa shape index (κ2) is 8.56. The number of hydrogen-bond donors (Lipinski definition) is 1. The van der Waals surface area contributed by atoms with Crippen LogP contribution in [0, 0.1) is 0 Å². The van der Waals surface area contributed by atoms with Crippen molar-refractivity contribution >= 4 is 11.9 Å². The fraction of sp³-hybridized carbons (Fsp3) is 0.190. The highest BCUT2D eigenvalue weighted by atomic mass is 16.5. The number of aromatic hydroxyl groups is 1. The molecule has 9 heteroatoms. The van der Waals surface area contributed by atoms with Crippen molar-refractivity contribution in [3.63, 3.8) is 0 Å². The average Bonchev–Trinajstić information content (AvgIpc) is 3.18.